The first-order chi connectivity index (χ1) is 12.0. The van der Waals surface area contributed by atoms with Gasteiger partial charge in [0, 0.05) is 19.6 Å². The van der Waals surface area contributed by atoms with Gasteiger partial charge in [-0.3, -0.25) is 4.90 Å². The van der Waals surface area contributed by atoms with Crippen LogP contribution in [0.2, 0.25) is 0 Å². The number of likely N-dealkylation sites (tertiary alicyclic amines) is 1. The van der Waals surface area contributed by atoms with E-state index in [0.29, 0.717) is 0 Å². The third-order valence-corrected chi connectivity index (χ3v) is 4.23. The summed E-state index contributed by atoms with van der Waals surface area (Å²) in [6.45, 7) is 2.95. The maximum Gasteiger partial charge on any atom is 0.573 e. The van der Waals surface area contributed by atoms with Gasteiger partial charge in [0.05, 0.1) is 0 Å². The summed E-state index contributed by atoms with van der Waals surface area (Å²) in [6, 6.07) is 16.4. The summed E-state index contributed by atoms with van der Waals surface area (Å²) >= 11 is 0. The van der Waals surface area contributed by atoms with Crippen molar-refractivity contribution in [3.63, 3.8) is 0 Å². The van der Waals surface area contributed by atoms with Crippen molar-refractivity contribution in [3.8, 4) is 5.75 Å². The van der Waals surface area contributed by atoms with Gasteiger partial charge in [0.25, 0.3) is 0 Å². The second-order valence-electron chi connectivity index (χ2n) is 6.18. The van der Waals surface area contributed by atoms with Crippen molar-refractivity contribution in [1.82, 2.24) is 4.90 Å². The van der Waals surface area contributed by atoms with Gasteiger partial charge in [0.1, 0.15) is 5.75 Å². The Balaban J connectivity index is 1.53. The van der Waals surface area contributed by atoms with Crippen LogP contribution < -0.4 is 4.74 Å². The largest absolute Gasteiger partial charge is 0.573 e. The minimum absolute atomic E-state index is 0.188. The van der Waals surface area contributed by atoms with E-state index in [-0.39, 0.29) is 5.75 Å². The summed E-state index contributed by atoms with van der Waals surface area (Å²) < 4.78 is 40.4. The van der Waals surface area contributed by atoms with Crippen LogP contribution in [0.5, 0.6) is 5.75 Å². The Kier molecular flexibility index (Phi) is 5.43. The highest BCUT2D eigenvalue weighted by Crippen LogP contribution is 2.25. The third-order valence-electron chi connectivity index (χ3n) is 4.23. The smallest absolute Gasteiger partial charge is 0.406 e. The van der Waals surface area contributed by atoms with Crippen molar-refractivity contribution < 1.29 is 17.9 Å². The molecule has 0 bridgehead atoms. The highest BCUT2D eigenvalue weighted by Gasteiger charge is 2.30. The van der Waals surface area contributed by atoms with Gasteiger partial charge in [-0.25, -0.2) is 0 Å². The molecule has 5 heteroatoms. The highest BCUT2D eigenvalue weighted by molar-refractivity contribution is 5.54. The molecule has 25 heavy (non-hydrogen) atoms. The summed E-state index contributed by atoms with van der Waals surface area (Å²) in [7, 11) is 0. The molecule has 1 fully saturated rings. The normalized spacial score (nSPS) is 15.9. The van der Waals surface area contributed by atoms with E-state index in [0.717, 1.165) is 38.0 Å². The predicted molar refractivity (Wildman–Crippen MR) is 92.1 cm³/mol. The zero-order valence-corrected chi connectivity index (χ0v) is 13.8. The molecule has 0 N–H and O–H groups in total. The summed E-state index contributed by atoms with van der Waals surface area (Å²) in [4.78, 5) is 2.42. The van der Waals surface area contributed by atoms with Gasteiger partial charge in [-0.05, 0) is 36.1 Å². The molecule has 0 radical (unpaired) electrons. The Morgan fingerprint density at radius 3 is 2.16 bits per heavy atom. The fraction of sp³-hybridized carbons (Fsp3) is 0.300. The first kappa shape index (κ1) is 17.5. The van der Waals surface area contributed by atoms with Crippen LogP contribution >= 0.6 is 0 Å². The second kappa shape index (κ2) is 7.74. The van der Waals surface area contributed by atoms with Crippen LogP contribution in [0.25, 0.3) is 6.08 Å². The zero-order chi connectivity index (χ0) is 17.7. The van der Waals surface area contributed by atoms with E-state index >= 15 is 0 Å². The van der Waals surface area contributed by atoms with Crippen molar-refractivity contribution in [2.75, 3.05) is 13.1 Å². The summed E-state index contributed by atoms with van der Waals surface area (Å²) in [6.07, 6.45) is -0.621. The molecule has 3 rings (SSSR count). The molecule has 0 aromatic heterocycles. The third kappa shape index (κ3) is 5.64. The molecule has 1 aliphatic heterocycles. The first-order valence-electron chi connectivity index (χ1n) is 8.29. The lowest BCUT2D eigenvalue weighted by Gasteiger charge is -2.28. The molecule has 2 aromatic carbocycles. The molecule has 132 valence electrons. The Morgan fingerprint density at radius 2 is 1.56 bits per heavy atom. The van der Waals surface area contributed by atoms with Crippen molar-refractivity contribution >= 4 is 6.08 Å². The SMILES string of the molecule is FC(F)(F)Oc1ccc(C=C2CCN(Cc3ccccc3)CC2)cc1. The number of hydrogen-bond acceptors (Lipinski definition) is 2. The Labute approximate surface area is 145 Å². The van der Waals surface area contributed by atoms with E-state index in [1.54, 1.807) is 12.1 Å². The van der Waals surface area contributed by atoms with Crippen molar-refractivity contribution in [2.45, 2.75) is 25.7 Å². The second-order valence-corrected chi connectivity index (χ2v) is 6.18. The number of alkyl halides is 3. The van der Waals surface area contributed by atoms with Crippen molar-refractivity contribution in [2.24, 2.45) is 0 Å². The van der Waals surface area contributed by atoms with Gasteiger partial charge < -0.3 is 4.74 Å². The number of rotatable bonds is 4. The number of hydrogen-bond donors (Lipinski definition) is 0. The quantitative estimate of drug-likeness (QED) is 0.747. The molecule has 0 aliphatic carbocycles. The molecule has 0 unspecified atom stereocenters. The van der Waals surface area contributed by atoms with Crippen LogP contribution in [0.1, 0.15) is 24.0 Å². The van der Waals surface area contributed by atoms with Gasteiger partial charge in [-0.2, -0.15) is 0 Å². The molecule has 1 heterocycles. The molecular weight excluding hydrogens is 327 g/mol. The standard InChI is InChI=1S/C20H20F3NO/c21-20(22,23)25-19-8-6-16(7-9-19)14-17-10-12-24(13-11-17)15-18-4-2-1-3-5-18/h1-9,14H,10-13,15H2. The van der Waals surface area contributed by atoms with Gasteiger partial charge in [-0.1, -0.05) is 54.1 Å². The average molecular weight is 347 g/mol. The number of ether oxygens (including phenoxy) is 1. The highest BCUT2D eigenvalue weighted by atomic mass is 19.4. The monoisotopic (exact) mass is 347 g/mol. The lowest BCUT2D eigenvalue weighted by molar-refractivity contribution is -0.274. The van der Waals surface area contributed by atoms with E-state index < -0.39 is 6.36 Å². The van der Waals surface area contributed by atoms with Gasteiger partial charge in [-0.15, -0.1) is 13.2 Å². The maximum atomic E-state index is 12.2. The minimum atomic E-state index is -4.65. The van der Waals surface area contributed by atoms with Crippen LogP contribution in [0.15, 0.2) is 60.2 Å². The van der Waals surface area contributed by atoms with Crippen molar-refractivity contribution in [1.29, 1.82) is 0 Å². The first-order valence-corrected chi connectivity index (χ1v) is 8.29. The molecule has 0 saturated carbocycles. The summed E-state index contributed by atoms with van der Waals surface area (Å²) in [5, 5.41) is 0. The lowest BCUT2D eigenvalue weighted by Crippen LogP contribution is -2.30. The number of benzene rings is 2. The molecule has 1 saturated heterocycles. The Hall–Kier alpha value is -2.27. The Morgan fingerprint density at radius 1 is 0.920 bits per heavy atom. The van der Waals surface area contributed by atoms with Crippen LogP contribution in [-0.2, 0) is 6.54 Å². The van der Waals surface area contributed by atoms with Gasteiger partial charge >= 0.3 is 6.36 Å². The van der Waals surface area contributed by atoms with E-state index in [1.807, 2.05) is 6.07 Å². The number of halogens is 3. The van der Waals surface area contributed by atoms with E-state index in [4.69, 9.17) is 0 Å². The minimum Gasteiger partial charge on any atom is -0.406 e. The van der Waals surface area contributed by atoms with E-state index in [1.165, 1.54) is 23.3 Å². The average Bonchev–Trinajstić information content (AvgIpc) is 2.58. The van der Waals surface area contributed by atoms with E-state index in [2.05, 4.69) is 40.0 Å². The van der Waals surface area contributed by atoms with Gasteiger partial charge in [0.15, 0.2) is 0 Å². The molecule has 0 amide bonds. The number of nitrogens with zero attached hydrogens (tertiary/aromatic N) is 1. The van der Waals surface area contributed by atoms with E-state index in [9.17, 15) is 13.2 Å². The fourth-order valence-corrected chi connectivity index (χ4v) is 2.99. The Bertz CT molecular complexity index is 698. The topological polar surface area (TPSA) is 12.5 Å². The number of piperidine rings is 1. The van der Waals surface area contributed by atoms with Crippen molar-refractivity contribution in [3.05, 3.63) is 71.3 Å². The summed E-state index contributed by atoms with van der Waals surface area (Å²) in [5.41, 5.74) is 3.55. The van der Waals surface area contributed by atoms with Crippen LogP contribution in [0, 0.1) is 0 Å². The summed E-state index contributed by atoms with van der Waals surface area (Å²) in [5.74, 6) is -0.188. The van der Waals surface area contributed by atoms with Gasteiger partial charge in [0.2, 0.25) is 0 Å². The molecule has 0 spiro atoms. The maximum absolute atomic E-state index is 12.2. The van der Waals surface area contributed by atoms with Crippen LogP contribution in [-0.4, -0.2) is 24.4 Å². The molecule has 2 nitrogen and oxygen atoms in total. The van der Waals surface area contributed by atoms with Crippen LogP contribution in [0.3, 0.4) is 0 Å². The molecular formula is C20H20F3NO. The fourth-order valence-electron chi connectivity index (χ4n) is 2.99. The molecule has 2 aromatic rings. The predicted octanol–water partition coefficient (Wildman–Crippen LogP) is 5.26. The lowest BCUT2D eigenvalue weighted by atomic mass is 10.0. The molecule has 0 atom stereocenters. The molecule has 1 aliphatic rings. The zero-order valence-electron chi connectivity index (χ0n) is 13.8. The van der Waals surface area contributed by atoms with Crippen LogP contribution in [0.4, 0.5) is 13.2 Å².